The summed E-state index contributed by atoms with van der Waals surface area (Å²) >= 11 is 0. The smallest absolute Gasteiger partial charge is 0.328 e. The van der Waals surface area contributed by atoms with Gasteiger partial charge in [0.1, 0.15) is 0 Å². The molecule has 1 fully saturated rings. The number of aryl methyl sites for hydroxylation is 1. The monoisotopic (exact) mass is 436 g/mol. The average Bonchev–Trinajstić information content (AvgIpc) is 3.20. The van der Waals surface area contributed by atoms with Crippen LogP contribution in [0.5, 0.6) is 0 Å². The standard InChI is InChI=1S/C25H28N2O5/c1-18-12-27(25(29)26-24(18)28)22-16-32-23(17-31-14-20-10-6-3-7-11-20)21(22)15-30-13-19-8-4-2-5-9-19/h2-12,21-23H,13-17H2,1H3,(H,26,28,29)/t21-,22+,23+/m1/s1. The van der Waals surface area contributed by atoms with Gasteiger partial charge in [-0.1, -0.05) is 60.7 Å². The summed E-state index contributed by atoms with van der Waals surface area (Å²) in [6.07, 6.45) is 1.38. The molecule has 0 aliphatic carbocycles. The second kappa shape index (κ2) is 10.5. The highest BCUT2D eigenvalue weighted by molar-refractivity contribution is 5.14. The Bertz CT molecular complexity index is 1110. The summed E-state index contributed by atoms with van der Waals surface area (Å²) in [5.74, 6) is -0.0995. The van der Waals surface area contributed by atoms with Gasteiger partial charge >= 0.3 is 5.69 Å². The molecule has 1 saturated heterocycles. The molecular formula is C25H28N2O5. The SMILES string of the molecule is Cc1cn([C@H]2CO[C@@H](COCc3ccccc3)[C@@H]2COCc2ccccc2)c(=O)[nH]c1=O. The first-order chi connectivity index (χ1) is 15.6. The predicted octanol–water partition coefficient (Wildman–Crippen LogP) is 2.83. The normalized spacial score (nSPS) is 20.5. The van der Waals surface area contributed by atoms with Gasteiger partial charge in [-0.05, 0) is 18.1 Å². The second-order valence-electron chi connectivity index (χ2n) is 8.08. The van der Waals surface area contributed by atoms with Crippen LogP contribution in [-0.2, 0) is 27.4 Å². The molecule has 7 nitrogen and oxygen atoms in total. The van der Waals surface area contributed by atoms with E-state index in [2.05, 4.69) is 4.98 Å². The van der Waals surface area contributed by atoms with Crippen LogP contribution >= 0.6 is 0 Å². The minimum Gasteiger partial charge on any atom is -0.376 e. The number of rotatable bonds is 9. The lowest BCUT2D eigenvalue weighted by Crippen LogP contribution is -2.38. The van der Waals surface area contributed by atoms with E-state index in [1.54, 1.807) is 17.7 Å². The summed E-state index contributed by atoms with van der Waals surface area (Å²) in [7, 11) is 0. The van der Waals surface area contributed by atoms with Crippen molar-refractivity contribution in [3.05, 3.63) is 104 Å². The van der Waals surface area contributed by atoms with Crippen molar-refractivity contribution in [2.24, 2.45) is 5.92 Å². The molecule has 0 saturated carbocycles. The molecule has 168 valence electrons. The molecule has 3 aromatic rings. The molecule has 0 unspecified atom stereocenters. The third-order valence-electron chi connectivity index (χ3n) is 5.77. The Morgan fingerprint density at radius 3 is 2.16 bits per heavy atom. The molecule has 4 rings (SSSR count). The van der Waals surface area contributed by atoms with Crippen LogP contribution in [0.1, 0.15) is 22.7 Å². The van der Waals surface area contributed by atoms with E-state index in [-0.39, 0.29) is 23.6 Å². The largest absolute Gasteiger partial charge is 0.376 e. The van der Waals surface area contributed by atoms with Gasteiger partial charge in [0.2, 0.25) is 0 Å². The second-order valence-corrected chi connectivity index (χ2v) is 8.08. The fourth-order valence-corrected chi connectivity index (χ4v) is 3.98. The Morgan fingerprint density at radius 2 is 1.53 bits per heavy atom. The van der Waals surface area contributed by atoms with Crippen LogP contribution < -0.4 is 11.2 Å². The lowest BCUT2D eigenvalue weighted by atomic mass is 9.97. The topological polar surface area (TPSA) is 82.6 Å². The van der Waals surface area contributed by atoms with Crippen molar-refractivity contribution in [2.75, 3.05) is 19.8 Å². The number of H-pyrrole nitrogens is 1. The highest BCUT2D eigenvalue weighted by atomic mass is 16.5. The van der Waals surface area contributed by atoms with Gasteiger partial charge in [0.15, 0.2) is 0 Å². The van der Waals surface area contributed by atoms with Gasteiger partial charge in [-0.25, -0.2) is 4.79 Å². The predicted molar refractivity (Wildman–Crippen MR) is 121 cm³/mol. The van der Waals surface area contributed by atoms with Crippen molar-refractivity contribution in [1.82, 2.24) is 9.55 Å². The van der Waals surface area contributed by atoms with E-state index in [4.69, 9.17) is 14.2 Å². The number of aromatic nitrogens is 2. The highest BCUT2D eigenvalue weighted by Gasteiger charge is 2.39. The Hall–Kier alpha value is -3.00. The number of hydrogen-bond donors (Lipinski definition) is 1. The van der Waals surface area contributed by atoms with Crippen molar-refractivity contribution in [1.29, 1.82) is 0 Å². The summed E-state index contributed by atoms with van der Waals surface area (Å²) in [5.41, 5.74) is 1.85. The van der Waals surface area contributed by atoms with Crippen LogP contribution in [0.3, 0.4) is 0 Å². The van der Waals surface area contributed by atoms with Crippen LogP contribution in [-0.4, -0.2) is 35.5 Å². The van der Waals surface area contributed by atoms with Crippen LogP contribution in [0.4, 0.5) is 0 Å². The molecule has 2 heterocycles. The number of nitrogens with zero attached hydrogens (tertiary/aromatic N) is 1. The molecule has 0 amide bonds. The Morgan fingerprint density at radius 1 is 0.938 bits per heavy atom. The third kappa shape index (κ3) is 5.43. The van der Waals surface area contributed by atoms with Crippen LogP contribution in [0.2, 0.25) is 0 Å². The number of benzene rings is 2. The molecule has 2 aromatic carbocycles. The molecule has 7 heteroatoms. The van der Waals surface area contributed by atoms with Crippen LogP contribution in [0.15, 0.2) is 76.4 Å². The van der Waals surface area contributed by atoms with E-state index in [0.717, 1.165) is 11.1 Å². The van der Waals surface area contributed by atoms with E-state index >= 15 is 0 Å². The van der Waals surface area contributed by atoms with Gasteiger partial charge in [0.25, 0.3) is 5.56 Å². The molecule has 0 spiro atoms. The minimum absolute atomic E-state index is 0.0995. The van der Waals surface area contributed by atoms with Gasteiger partial charge in [-0.3, -0.25) is 14.3 Å². The first kappa shape index (κ1) is 22.2. The highest BCUT2D eigenvalue weighted by Crippen LogP contribution is 2.31. The summed E-state index contributed by atoms with van der Waals surface area (Å²) in [4.78, 5) is 26.7. The molecule has 3 atom stereocenters. The lowest BCUT2D eigenvalue weighted by molar-refractivity contribution is -0.0240. The zero-order chi connectivity index (χ0) is 22.3. The van der Waals surface area contributed by atoms with E-state index < -0.39 is 5.69 Å². The first-order valence-electron chi connectivity index (χ1n) is 10.8. The quantitative estimate of drug-likeness (QED) is 0.558. The maximum atomic E-state index is 12.5. The first-order valence-corrected chi connectivity index (χ1v) is 10.8. The van der Waals surface area contributed by atoms with Gasteiger partial charge in [0, 0.05) is 17.7 Å². The summed E-state index contributed by atoms with van der Waals surface area (Å²) in [5, 5.41) is 0. The van der Waals surface area contributed by atoms with E-state index in [0.29, 0.717) is 38.6 Å². The number of hydrogen-bond acceptors (Lipinski definition) is 5. The van der Waals surface area contributed by atoms with Gasteiger partial charge < -0.3 is 14.2 Å². The Labute approximate surface area is 186 Å². The third-order valence-corrected chi connectivity index (χ3v) is 5.77. The van der Waals surface area contributed by atoms with E-state index in [1.807, 2.05) is 60.7 Å². The van der Waals surface area contributed by atoms with Crippen LogP contribution in [0.25, 0.3) is 0 Å². The maximum absolute atomic E-state index is 12.5. The van der Waals surface area contributed by atoms with E-state index in [9.17, 15) is 9.59 Å². The summed E-state index contributed by atoms with van der Waals surface area (Å²) in [6, 6.07) is 19.7. The molecule has 1 aliphatic heterocycles. The molecular weight excluding hydrogens is 408 g/mol. The van der Waals surface area contributed by atoms with Crippen LogP contribution in [0, 0.1) is 12.8 Å². The average molecular weight is 437 g/mol. The number of ether oxygens (including phenoxy) is 3. The number of aromatic amines is 1. The lowest BCUT2D eigenvalue weighted by Gasteiger charge is -2.24. The molecule has 1 aliphatic rings. The summed E-state index contributed by atoms with van der Waals surface area (Å²) in [6.45, 7) is 3.79. The molecule has 32 heavy (non-hydrogen) atoms. The maximum Gasteiger partial charge on any atom is 0.328 e. The molecule has 1 aromatic heterocycles. The van der Waals surface area contributed by atoms with Crippen molar-refractivity contribution in [3.8, 4) is 0 Å². The van der Waals surface area contributed by atoms with Crippen molar-refractivity contribution in [3.63, 3.8) is 0 Å². The fraction of sp³-hybridized carbons (Fsp3) is 0.360. The zero-order valence-electron chi connectivity index (χ0n) is 18.1. The minimum atomic E-state index is -0.437. The van der Waals surface area contributed by atoms with Gasteiger partial charge in [-0.15, -0.1) is 0 Å². The number of nitrogens with one attached hydrogen (secondary N) is 1. The molecule has 0 bridgehead atoms. The van der Waals surface area contributed by atoms with E-state index in [1.165, 1.54) is 0 Å². The van der Waals surface area contributed by atoms with Crippen molar-refractivity contribution < 1.29 is 14.2 Å². The molecule has 0 radical (unpaired) electrons. The fourth-order valence-electron chi connectivity index (χ4n) is 3.98. The van der Waals surface area contributed by atoms with Crippen molar-refractivity contribution >= 4 is 0 Å². The summed E-state index contributed by atoms with van der Waals surface area (Å²) < 4.78 is 19.6. The Kier molecular flexibility index (Phi) is 7.32. The molecule has 1 N–H and O–H groups in total. The van der Waals surface area contributed by atoms with Gasteiger partial charge in [-0.2, -0.15) is 0 Å². The zero-order valence-corrected chi connectivity index (χ0v) is 18.1. The van der Waals surface area contributed by atoms with Gasteiger partial charge in [0.05, 0.1) is 45.2 Å². The Balaban J connectivity index is 1.46. The van der Waals surface area contributed by atoms with Crippen molar-refractivity contribution in [2.45, 2.75) is 32.3 Å².